The molecule has 0 spiro atoms. The minimum atomic E-state index is -0.231. The first-order valence-electron chi connectivity index (χ1n) is 9.79. The van der Waals surface area contributed by atoms with E-state index in [-0.39, 0.29) is 17.5 Å². The van der Waals surface area contributed by atoms with Crippen molar-refractivity contribution in [2.75, 3.05) is 36.8 Å². The number of thioether (sulfide) groups is 1. The highest BCUT2D eigenvalue weighted by Crippen LogP contribution is 2.22. The first-order valence-corrected chi connectivity index (χ1v) is 10.8. The monoisotopic (exact) mass is 426 g/mol. The smallest absolute Gasteiger partial charge is 0.233 e. The highest BCUT2D eigenvalue weighted by atomic mass is 32.2. The van der Waals surface area contributed by atoms with E-state index in [0.717, 1.165) is 11.3 Å². The summed E-state index contributed by atoms with van der Waals surface area (Å²) in [7, 11) is 0. The molecule has 0 N–H and O–H groups in total. The van der Waals surface area contributed by atoms with Crippen molar-refractivity contribution >= 4 is 23.4 Å². The van der Waals surface area contributed by atoms with Crippen molar-refractivity contribution in [1.29, 1.82) is 0 Å². The van der Waals surface area contributed by atoms with E-state index in [1.165, 1.54) is 23.4 Å². The van der Waals surface area contributed by atoms with Crippen LogP contribution in [-0.2, 0) is 4.79 Å². The van der Waals surface area contributed by atoms with Crippen LogP contribution in [0.4, 0.5) is 10.1 Å². The summed E-state index contributed by atoms with van der Waals surface area (Å²) >= 11 is 1.32. The van der Waals surface area contributed by atoms with E-state index in [4.69, 9.17) is 0 Å². The van der Waals surface area contributed by atoms with Crippen LogP contribution < -0.4 is 4.90 Å². The van der Waals surface area contributed by atoms with Gasteiger partial charge in [0.05, 0.1) is 17.1 Å². The SMILES string of the molecule is Cc1ccc(-n2nnnc2SCC(=O)N2CCN(c3ccccc3F)CC2)cc1C. The van der Waals surface area contributed by atoms with Crippen molar-refractivity contribution in [3.05, 3.63) is 59.4 Å². The van der Waals surface area contributed by atoms with Crippen molar-refractivity contribution in [2.45, 2.75) is 19.0 Å². The molecule has 0 radical (unpaired) electrons. The molecule has 9 heteroatoms. The molecule has 0 saturated carbocycles. The zero-order chi connectivity index (χ0) is 21.1. The van der Waals surface area contributed by atoms with Crippen LogP contribution in [0, 0.1) is 19.7 Å². The lowest BCUT2D eigenvalue weighted by molar-refractivity contribution is -0.128. The topological polar surface area (TPSA) is 67.2 Å². The number of tetrazole rings is 1. The maximum absolute atomic E-state index is 14.0. The molecule has 0 atom stereocenters. The number of para-hydroxylation sites is 1. The molecule has 1 aliphatic heterocycles. The molecule has 0 aliphatic carbocycles. The Bertz CT molecular complexity index is 1050. The van der Waals surface area contributed by atoms with E-state index >= 15 is 0 Å². The van der Waals surface area contributed by atoms with Crippen molar-refractivity contribution in [1.82, 2.24) is 25.1 Å². The first-order chi connectivity index (χ1) is 14.5. The van der Waals surface area contributed by atoms with Gasteiger partial charge in [0.15, 0.2) is 0 Å². The number of hydrogen-bond acceptors (Lipinski definition) is 6. The number of rotatable bonds is 5. The van der Waals surface area contributed by atoms with Crippen molar-refractivity contribution in [2.24, 2.45) is 0 Å². The summed E-state index contributed by atoms with van der Waals surface area (Å²) < 4.78 is 15.6. The van der Waals surface area contributed by atoms with E-state index in [1.54, 1.807) is 16.8 Å². The molecule has 1 fully saturated rings. The predicted molar refractivity (Wildman–Crippen MR) is 115 cm³/mol. The Morgan fingerprint density at radius 2 is 1.83 bits per heavy atom. The third-order valence-electron chi connectivity index (χ3n) is 5.33. The van der Waals surface area contributed by atoms with Gasteiger partial charge in [-0.05, 0) is 59.7 Å². The Labute approximate surface area is 178 Å². The average Bonchev–Trinajstić information content (AvgIpc) is 3.23. The lowest BCUT2D eigenvalue weighted by Gasteiger charge is -2.36. The van der Waals surface area contributed by atoms with Crippen LogP contribution in [0.3, 0.4) is 0 Å². The Morgan fingerprint density at radius 3 is 2.57 bits per heavy atom. The van der Waals surface area contributed by atoms with Crippen LogP contribution >= 0.6 is 11.8 Å². The van der Waals surface area contributed by atoms with Gasteiger partial charge < -0.3 is 9.80 Å². The molecule has 1 saturated heterocycles. The average molecular weight is 427 g/mol. The van der Waals surface area contributed by atoms with Gasteiger partial charge in [-0.15, -0.1) is 5.10 Å². The lowest BCUT2D eigenvalue weighted by Crippen LogP contribution is -2.49. The molecular formula is C21H23FN6OS. The number of aryl methyl sites for hydroxylation is 2. The number of carbonyl (C=O) groups excluding carboxylic acids is 1. The van der Waals surface area contributed by atoms with E-state index in [1.807, 2.05) is 41.0 Å². The van der Waals surface area contributed by atoms with Gasteiger partial charge in [0.2, 0.25) is 11.1 Å². The molecule has 2 aromatic carbocycles. The summed E-state index contributed by atoms with van der Waals surface area (Å²) in [4.78, 5) is 16.5. The Morgan fingerprint density at radius 1 is 1.07 bits per heavy atom. The Hall–Kier alpha value is -2.94. The highest BCUT2D eigenvalue weighted by Gasteiger charge is 2.23. The molecule has 7 nitrogen and oxygen atoms in total. The van der Waals surface area contributed by atoms with Crippen molar-refractivity contribution in [3.63, 3.8) is 0 Å². The van der Waals surface area contributed by atoms with E-state index in [9.17, 15) is 9.18 Å². The first kappa shape index (κ1) is 20.3. The van der Waals surface area contributed by atoms with Crippen LogP contribution in [0.2, 0.25) is 0 Å². The second-order valence-corrected chi connectivity index (χ2v) is 8.19. The summed E-state index contributed by atoms with van der Waals surface area (Å²) in [6, 6.07) is 12.8. The molecule has 30 heavy (non-hydrogen) atoms. The van der Waals surface area contributed by atoms with Crippen LogP contribution in [0.5, 0.6) is 0 Å². The number of hydrogen-bond donors (Lipinski definition) is 0. The summed E-state index contributed by atoms with van der Waals surface area (Å²) in [6.07, 6.45) is 0. The zero-order valence-electron chi connectivity index (χ0n) is 17.0. The highest BCUT2D eigenvalue weighted by molar-refractivity contribution is 7.99. The van der Waals surface area contributed by atoms with Crippen LogP contribution in [0.15, 0.2) is 47.6 Å². The maximum Gasteiger partial charge on any atom is 0.233 e. The molecular weight excluding hydrogens is 403 g/mol. The molecule has 1 aliphatic rings. The fourth-order valence-electron chi connectivity index (χ4n) is 3.41. The van der Waals surface area contributed by atoms with Gasteiger partial charge in [-0.25, -0.2) is 4.39 Å². The third kappa shape index (κ3) is 4.30. The summed E-state index contributed by atoms with van der Waals surface area (Å²) in [5, 5.41) is 12.5. The number of carbonyl (C=O) groups is 1. The molecule has 2 heterocycles. The van der Waals surface area contributed by atoms with Gasteiger partial charge in [-0.3, -0.25) is 4.79 Å². The number of benzene rings is 2. The van der Waals surface area contributed by atoms with Gasteiger partial charge in [0, 0.05) is 26.2 Å². The summed E-state index contributed by atoms with van der Waals surface area (Å²) in [5.41, 5.74) is 3.82. The molecule has 0 unspecified atom stereocenters. The van der Waals surface area contributed by atoms with Crippen molar-refractivity contribution in [3.8, 4) is 5.69 Å². The molecule has 3 aromatic rings. The molecule has 0 bridgehead atoms. The van der Waals surface area contributed by atoms with Crippen LogP contribution in [0.25, 0.3) is 5.69 Å². The van der Waals surface area contributed by atoms with E-state index < -0.39 is 0 Å². The standard InChI is InChI=1S/C21H23FN6OS/c1-15-7-8-17(13-16(15)2)28-21(23-24-25-28)30-14-20(29)27-11-9-26(10-12-27)19-6-4-3-5-18(19)22/h3-8,13H,9-12,14H2,1-2H3. The minimum absolute atomic E-state index is 0.0304. The quantitative estimate of drug-likeness (QED) is 0.585. The van der Waals surface area contributed by atoms with E-state index in [0.29, 0.717) is 37.0 Å². The second kappa shape index (κ2) is 8.83. The fraction of sp³-hybridized carbons (Fsp3) is 0.333. The van der Waals surface area contributed by atoms with Gasteiger partial charge in [0.25, 0.3) is 0 Å². The fourth-order valence-corrected chi connectivity index (χ4v) is 4.20. The molecule has 1 aromatic heterocycles. The number of aromatic nitrogens is 4. The number of halogens is 1. The van der Waals surface area contributed by atoms with Crippen LogP contribution in [-0.4, -0.2) is 62.9 Å². The Balaban J connectivity index is 1.35. The number of piperazine rings is 1. The minimum Gasteiger partial charge on any atom is -0.366 e. The lowest BCUT2D eigenvalue weighted by atomic mass is 10.1. The van der Waals surface area contributed by atoms with E-state index in [2.05, 4.69) is 22.4 Å². The second-order valence-electron chi connectivity index (χ2n) is 7.25. The number of amides is 1. The molecule has 1 amide bonds. The van der Waals surface area contributed by atoms with Gasteiger partial charge in [-0.2, -0.15) is 4.68 Å². The molecule has 156 valence electrons. The third-order valence-corrected chi connectivity index (χ3v) is 6.23. The zero-order valence-corrected chi connectivity index (χ0v) is 17.8. The van der Waals surface area contributed by atoms with Crippen LogP contribution in [0.1, 0.15) is 11.1 Å². The number of anilines is 1. The maximum atomic E-state index is 14.0. The predicted octanol–water partition coefficient (Wildman–Crippen LogP) is 2.86. The Kier molecular flexibility index (Phi) is 5.98. The molecule has 4 rings (SSSR count). The summed E-state index contributed by atoms with van der Waals surface area (Å²) in [6.45, 7) is 6.44. The number of nitrogens with zero attached hydrogens (tertiary/aromatic N) is 6. The summed E-state index contributed by atoms with van der Waals surface area (Å²) in [5.74, 6) is 0.0547. The van der Waals surface area contributed by atoms with Crippen molar-refractivity contribution < 1.29 is 9.18 Å². The van der Waals surface area contributed by atoms with Gasteiger partial charge >= 0.3 is 0 Å². The normalized spacial score (nSPS) is 14.2. The largest absolute Gasteiger partial charge is 0.366 e. The van der Waals surface area contributed by atoms with Gasteiger partial charge in [-0.1, -0.05) is 30.0 Å². The van der Waals surface area contributed by atoms with Gasteiger partial charge in [0.1, 0.15) is 5.82 Å².